The van der Waals surface area contributed by atoms with Crippen LogP contribution in [-0.2, 0) is 32.6 Å². The molecular weight excluding hydrogens is 354 g/mol. The fourth-order valence-corrected chi connectivity index (χ4v) is 4.18. The lowest BCUT2D eigenvalue weighted by Crippen LogP contribution is -2.33. The van der Waals surface area contributed by atoms with Crippen LogP contribution in [0.15, 0.2) is 0 Å². The molecule has 12 heteroatoms. The molecular formula is C14H27B4O7P-. The average molecular weight is 382 g/mol. The summed E-state index contributed by atoms with van der Waals surface area (Å²) in [4.78, 5) is 0. The van der Waals surface area contributed by atoms with Crippen molar-refractivity contribution in [2.45, 2.75) is 50.3 Å². The monoisotopic (exact) mass is 382 g/mol. The number of methoxy groups -OCH3 is 2. The molecule has 2 aliphatic rings. The van der Waals surface area contributed by atoms with E-state index in [1.165, 1.54) is 7.17 Å². The van der Waals surface area contributed by atoms with Crippen molar-refractivity contribution in [2.24, 2.45) is 11.8 Å². The van der Waals surface area contributed by atoms with E-state index in [0.29, 0.717) is 6.61 Å². The molecule has 0 spiro atoms. The van der Waals surface area contributed by atoms with E-state index in [4.69, 9.17) is 43.6 Å². The largest absolute Gasteiger partial charge is 0.382 e. The number of ether oxygens (including phenoxy) is 4. The highest BCUT2D eigenvalue weighted by atomic mass is 31.2. The van der Waals surface area contributed by atoms with E-state index in [1.54, 1.807) is 14.2 Å². The first-order chi connectivity index (χ1) is 12.2. The molecule has 143 valence electrons. The Morgan fingerprint density at radius 2 is 1.81 bits per heavy atom. The Balaban J connectivity index is 1.91. The Labute approximate surface area is 160 Å². The van der Waals surface area contributed by atoms with Gasteiger partial charge in [-0.1, -0.05) is 13.8 Å². The minimum atomic E-state index is -3.13. The van der Waals surface area contributed by atoms with Crippen LogP contribution >= 0.6 is 7.47 Å². The predicted octanol–water partition coefficient (Wildman–Crippen LogP) is -0.799. The summed E-state index contributed by atoms with van der Waals surface area (Å²) in [6.45, 7) is 4.49. The molecule has 0 saturated carbocycles. The second-order valence-electron chi connectivity index (χ2n) is 6.43. The summed E-state index contributed by atoms with van der Waals surface area (Å²) >= 11 is 0. The van der Waals surface area contributed by atoms with Gasteiger partial charge in [0.25, 0.3) is 0 Å². The summed E-state index contributed by atoms with van der Waals surface area (Å²) in [6.07, 6.45) is -1.19. The Morgan fingerprint density at radius 1 is 1.12 bits per heavy atom. The normalized spacial score (nSPS) is 42.7. The van der Waals surface area contributed by atoms with Gasteiger partial charge in [-0.05, 0) is 0 Å². The van der Waals surface area contributed by atoms with E-state index in [-0.39, 0.29) is 42.8 Å². The average Bonchev–Trinajstić information content (AvgIpc) is 3.04. The third kappa shape index (κ3) is 5.19. The van der Waals surface area contributed by atoms with Gasteiger partial charge in [0.1, 0.15) is 21.4 Å². The van der Waals surface area contributed by atoms with Gasteiger partial charge in [-0.3, -0.25) is 0 Å². The van der Waals surface area contributed by atoms with Crippen molar-refractivity contribution >= 4 is 37.8 Å². The Bertz CT molecular complexity index is 502. The lowest BCUT2D eigenvalue weighted by atomic mass is 9.49. The Kier molecular flexibility index (Phi) is 8.35. The molecule has 0 N–H and O–H groups in total. The molecule has 0 aliphatic carbocycles. The van der Waals surface area contributed by atoms with Gasteiger partial charge in [-0.15, -0.1) is 0 Å². The molecule has 3 unspecified atom stereocenters. The van der Waals surface area contributed by atoms with E-state index in [9.17, 15) is 4.57 Å². The molecule has 2 aliphatic heterocycles. The quantitative estimate of drug-likeness (QED) is 0.382. The first-order valence-corrected chi connectivity index (χ1v) is 9.42. The van der Waals surface area contributed by atoms with Gasteiger partial charge >= 0.3 is 0 Å². The van der Waals surface area contributed by atoms with Crippen molar-refractivity contribution in [2.75, 3.05) is 27.4 Å². The first-order valence-electron chi connectivity index (χ1n) is 8.33. The third-order valence-electron chi connectivity index (χ3n) is 4.84. The van der Waals surface area contributed by atoms with Crippen LogP contribution in [0.4, 0.5) is 0 Å². The maximum atomic E-state index is 12.9. The van der Waals surface area contributed by atoms with Crippen LogP contribution in [0, 0.1) is 11.8 Å². The molecule has 0 aromatic carbocycles. The topological polar surface area (TPSA) is 72.5 Å². The van der Waals surface area contributed by atoms with Crippen molar-refractivity contribution in [3.63, 3.8) is 0 Å². The van der Waals surface area contributed by atoms with E-state index >= 15 is 0 Å². The van der Waals surface area contributed by atoms with E-state index in [2.05, 4.69) is 0 Å². The predicted molar refractivity (Wildman–Crippen MR) is 104 cm³/mol. The summed E-state index contributed by atoms with van der Waals surface area (Å²) in [7, 11) is 12.5. The molecule has 5 radical (unpaired) electrons. The molecule has 2 fully saturated rings. The van der Waals surface area contributed by atoms with Gasteiger partial charge in [0.2, 0.25) is 0 Å². The zero-order chi connectivity index (χ0) is 19.5. The molecule has 2 heterocycles. The second-order valence-corrected chi connectivity index (χ2v) is 7.35. The highest BCUT2D eigenvalue weighted by Gasteiger charge is 2.43. The summed E-state index contributed by atoms with van der Waals surface area (Å²) in [5.74, 6) is 0.0556. The molecule has 2 rings (SSSR count). The van der Waals surface area contributed by atoms with Crippen molar-refractivity contribution < 1.29 is 32.6 Å². The summed E-state index contributed by atoms with van der Waals surface area (Å²) < 4.78 is 46.5. The molecule has 0 amide bonds. The summed E-state index contributed by atoms with van der Waals surface area (Å²) in [5, 5.41) is 0. The van der Waals surface area contributed by atoms with E-state index in [1.807, 2.05) is 13.8 Å². The highest BCUT2D eigenvalue weighted by Crippen LogP contribution is 2.48. The molecule has 0 aromatic heterocycles. The van der Waals surface area contributed by atoms with E-state index < -0.39 is 27.1 Å². The molecule has 9 atom stereocenters. The van der Waals surface area contributed by atoms with Crippen LogP contribution in [0.25, 0.3) is 0 Å². The van der Waals surface area contributed by atoms with Crippen LogP contribution < -0.4 is 0 Å². The van der Waals surface area contributed by atoms with E-state index in [0.717, 1.165) is 0 Å². The minimum absolute atomic E-state index is 0.0364. The second kappa shape index (κ2) is 9.64. The zero-order valence-corrected chi connectivity index (χ0v) is 16.0. The lowest BCUT2D eigenvalue weighted by molar-refractivity contribution is -0.0215. The van der Waals surface area contributed by atoms with Crippen LogP contribution in [-0.4, -0.2) is 94.2 Å². The number of hydrogen-bond donors (Lipinski definition) is 0. The van der Waals surface area contributed by atoms with Crippen molar-refractivity contribution in [3.8, 4) is 0 Å². The van der Waals surface area contributed by atoms with Gasteiger partial charge in [0, 0.05) is 45.8 Å². The number of hydrogen-bond acceptors (Lipinski definition) is 7. The number of rotatable bonds is 9. The highest BCUT2D eigenvalue weighted by molar-refractivity contribution is 7.79. The van der Waals surface area contributed by atoms with Crippen LogP contribution in [0.5, 0.6) is 0 Å². The molecule has 2 saturated heterocycles. The van der Waals surface area contributed by atoms with Gasteiger partial charge < -0.3 is 32.6 Å². The smallest absolute Gasteiger partial charge is 0.147 e. The van der Waals surface area contributed by atoms with Crippen LogP contribution in [0.2, 0.25) is 0 Å². The molecule has 0 aromatic rings. The maximum Gasteiger partial charge on any atom is 0.147 e. The van der Waals surface area contributed by atoms with Gasteiger partial charge in [0.05, 0.1) is 46.3 Å². The molecule has 7 nitrogen and oxygen atoms in total. The van der Waals surface area contributed by atoms with Crippen LogP contribution in [0.3, 0.4) is 0 Å². The summed E-state index contributed by atoms with van der Waals surface area (Å²) in [6, 6.07) is -0.866. The SMILES string of the molecule is [B][B][C@@H]1O[C@H](COP([BH3-])(=O)OC2[C@H]([B])O[C@H](COC)[C@@H]2C)[C@H](OC)C1C. The van der Waals surface area contributed by atoms with Crippen molar-refractivity contribution in [1.82, 2.24) is 0 Å². The van der Waals surface area contributed by atoms with Crippen molar-refractivity contribution in [1.29, 1.82) is 0 Å². The fraction of sp³-hybridized carbons (Fsp3) is 1.00. The fourth-order valence-electron chi connectivity index (χ4n) is 3.34. The van der Waals surface area contributed by atoms with Gasteiger partial charge in [-0.25, -0.2) is 0 Å². The molecule has 0 bridgehead atoms. The third-order valence-corrected chi connectivity index (χ3v) is 5.62. The van der Waals surface area contributed by atoms with Crippen molar-refractivity contribution in [3.05, 3.63) is 0 Å². The first kappa shape index (κ1) is 22.5. The summed E-state index contributed by atoms with van der Waals surface area (Å²) in [5.41, 5.74) is 0. The Hall–Kier alpha value is 0.250. The lowest BCUT2D eigenvalue weighted by Gasteiger charge is -2.29. The minimum Gasteiger partial charge on any atom is -0.382 e. The maximum absolute atomic E-state index is 12.9. The van der Waals surface area contributed by atoms with Crippen LogP contribution in [0.1, 0.15) is 13.8 Å². The Morgan fingerprint density at radius 3 is 2.38 bits per heavy atom. The van der Waals surface area contributed by atoms with Gasteiger partial charge in [-0.2, -0.15) is 0 Å². The van der Waals surface area contributed by atoms with Gasteiger partial charge in [0.15, 0.2) is 0 Å². The molecule has 26 heavy (non-hydrogen) atoms. The zero-order valence-electron chi connectivity index (χ0n) is 15.1. The standard InChI is InChI=1S/C14H27B4O7P/c1-7-9(5-20-3)23-13(15)12(7)25-26(17,19)22-6-10-11(21-4)8(2)14(18-16)24-10/h7-14H,5-6H2,1-4,17H3/q-1/t7-,8?,9+,10+,11+,12?,13+,14+,26?/m0/s1.